The fourth-order valence-corrected chi connectivity index (χ4v) is 5.92. The molecule has 1 aliphatic heterocycles. The van der Waals surface area contributed by atoms with Gasteiger partial charge in [-0.2, -0.15) is 5.10 Å². The highest BCUT2D eigenvalue weighted by Crippen LogP contribution is 2.32. The number of sulfone groups is 1. The van der Waals surface area contributed by atoms with Crippen LogP contribution in [-0.4, -0.2) is 35.6 Å². The van der Waals surface area contributed by atoms with Crippen molar-refractivity contribution >= 4 is 32.8 Å². The highest BCUT2D eigenvalue weighted by Gasteiger charge is 2.32. The van der Waals surface area contributed by atoms with E-state index in [1.54, 1.807) is 22.1 Å². The van der Waals surface area contributed by atoms with Crippen LogP contribution in [0.4, 0.5) is 5.69 Å². The number of nitrogens with one attached hydrogen (secondary N) is 1. The molecule has 1 aliphatic rings. The molecule has 1 N–H and O–H groups in total. The van der Waals surface area contributed by atoms with Crippen LogP contribution in [0.5, 0.6) is 0 Å². The molecule has 1 atom stereocenters. The molecule has 0 radical (unpaired) electrons. The van der Waals surface area contributed by atoms with Crippen molar-refractivity contribution in [3.05, 3.63) is 59.1 Å². The number of anilines is 1. The Labute approximate surface area is 168 Å². The first-order valence-electron chi connectivity index (χ1n) is 9.20. The Morgan fingerprint density at radius 1 is 1.29 bits per heavy atom. The predicted octanol–water partition coefficient (Wildman–Crippen LogP) is 3.79. The second-order valence-corrected chi connectivity index (χ2v) is 10.0. The molecule has 0 bridgehead atoms. The molecule has 3 aromatic rings. The monoisotopic (exact) mass is 415 g/mol. The van der Waals surface area contributed by atoms with E-state index in [0.717, 1.165) is 28.2 Å². The van der Waals surface area contributed by atoms with Crippen LogP contribution in [0.1, 0.15) is 35.4 Å². The average molecular weight is 416 g/mol. The topological polar surface area (TPSA) is 81.1 Å². The van der Waals surface area contributed by atoms with Gasteiger partial charge in [0.2, 0.25) is 0 Å². The van der Waals surface area contributed by atoms with E-state index in [2.05, 4.69) is 10.4 Å². The van der Waals surface area contributed by atoms with E-state index in [1.165, 1.54) is 0 Å². The number of hydrogen-bond acceptors (Lipinski definition) is 5. The van der Waals surface area contributed by atoms with Gasteiger partial charge in [-0.05, 0) is 42.0 Å². The van der Waals surface area contributed by atoms with Crippen molar-refractivity contribution in [1.82, 2.24) is 9.78 Å². The number of nitrogens with zero attached hydrogens (tertiary/aromatic N) is 2. The molecule has 4 rings (SSSR count). The first-order valence-corrected chi connectivity index (χ1v) is 11.9. The predicted molar refractivity (Wildman–Crippen MR) is 112 cm³/mol. The summed E-state index contributed by atoms with van der Waals surface area (Å²) in [7, 11) is -3.06. The number of benzene rings is 1. The van der Waals surface area contributed by atoms with Gasteiger partial charge >= 0.3 is 0 Å². The fourth-order valence-electron chi connectivity index (χ4n) is 3.50. The maximum atomic E-state index is 12.9. The van der Waals surface area contributed by atoms with E-state index in [1.807, 2.05) is 48.7 Å². The minimum atomic E-state index is -3.06. The number of carbonyl (C=O) groups excluding carboxylic acids is 1. The molecule has 3 heterocycles. The zero-order valence-electron chi connectivity index (χ0n) is 15.5. The molecular weight excluding hydrogens is 394 g/mol. The Morgan fingerprint density at radius 3 is 2.79 bits per heavy atom. The molecule has 0 spiro atoms. The van der Waals surface area contributed by atoms with Gasteiger partial charge in [-0.25, -0.2) is 8.42 Å². The minimum absolute atomic E-state index is 0.0623. The number of amides is 1. The summed E-state index contributed by atoms with van der Waals surface area (Å²) in [4.78, 5) is 13.8. The maximum Gasteiger partial charge on any atom is 0.276 e. The summed E-state index contributed by atoms with van der Waals surface area (Å²) in [6.07, 6.45) is 1.33. The smallest absolute Gasteiger partial charge is 0.276 e. The highest BCUT2D eigenvalue weighted by atomic mass is 32.2. The molecule has 6 nitrogen and oxygen atoms in total. The number of thiophene rings is 1. The molecule has 1 fully saturated rings. The molecule has 1 amide bonds. The molecule has 0 saturated carbocycles. The van der Waals surface area contributed by atoms with E-state index in [-0.39, 0.29) is 23.5 Å². The summed E-state index contributed by atoms with van der Waals surface area (Å²) in [5, 5.41) is 9.41. The van der Waals surface area contributed by atoms with Crippen LogP contribution in [0, 0.1) is 0 Å². The van der Waals surface area contributed by atoms with Gasteiger partial charge in [0.15, 0.2) is 15.5 Å². The zero-order chi connectivity index (χ0) is 19.7. The Balaban J connectivity index is 1.68. The maximum absolute atomic E-state index is 12.9. The van der Waals surface area contributed by atoms with Crippen LogP contribution < -0.4 is 5.32 Å². The van der Waals surface area contributed by atoms with Gasteiger partial charge in [-0.3, -0.25) is 9.48 Å². The quantitative estimate of drug-likeness (QED) is 0.687. The molecule has 2 aromatic heterocycles. The van der Waals surface area contributed by atoms with Gasteiger partial charge in [-0.15, -0.1) is 11.3 Å². The van der Waals surface area contributed by atoms with Crippen LogP contribution in [0.3, 0.4) is 0 Å². The molecule has 1 aromatic carbocycles. The number of hydrogen-bond donors (Lipinski definition) is 1. The second-order valence-electron chi connectivity index (χ2n) is 6.86. The number of aryl methyl sites for hydroxylation is 1. The third kappa shape index (κ3) is 3.74. The lowest BCUT2D eigenvalue weighted by atomic mass is 10.1. The Bertz CT molecular complexity index is 1100. The summed E-state index contributed by atoms with van der Waals surface area (Å²) in [5.41, 5.74) is 2.89. The van der Waals surface area contributed by atoms with E-state index in [0.29, 0.717) is 12.1 Å². The summed E-state index contributed by atoms with van der Waals surface area (Å²) in [6, 6.07) is 13.1. The van der Waals surface area contributed by atoms with Gasteiger partial charge in [-0.1, -0.05) is 31.2 Å². The van der Waals surface area contributed by atoms with Crippen LogP contribution in [0.25, 0.3) is 10.6 Å². The summed E-state index contributed by atoms with van der Waals surface area (Å²) in [6.45, 7) is 2.04. The van der Waals surface area contributed by atoms with E-state index in [4.69, 9.17) is 0 Å². The number of para-hydroxylation sites is 1. The van der Waals surface area contributed by atoms with Crippen molar-refractivity contribution in [2.75, 3.05) is 16.8 Å². The Morgan fingerprint density at radius 2 is 2.11 bits per heavy atom. The van der Waals surface area contributed by atoms with E-state index < -0.39 is 9.84 Å². The lowest BCUT2D eigenvalue weighted by Crippen LogP contribution is -2.17. The van der Waals surface area contributed by atoms with Crippen molar-refractivity contribution in [2.45, 2.75) is 25.8 Å². The molecule has 8 heteroatoms. The van der Waals surface area contributed by atoms with Gasteiger partial charge in [0, 0.05) is 5.69 Å². The Hall–Kier alpha value is -2.45. The summed E-state index contributed by atoms with van der Waals surface area (Å²) >= 11 is 1.54. The third-order valence-corrected chi connectivity index (χ3v) is 7.59. The number of carbonyl (C=O) groups is 1. The van der Waals surface area contributed by atoms with Crippen molar-refractivity contribution < 1.29 is 13.2 Å². The minimum Gasteiger partial charge on any atom is -0.320 e. The second kappa shape index (κ2) is 7.52. The largest absolute Gasteiger partial charge is 0.320 e. The third-order valence-electron chi connectivity index (χ3n) is 4.94. The standard InChI is InChI=1S/C20H21N3O3S2/c1-2-14-6-3-4-7-16(14)21-20(24)17-12-18(19-8-5-10-27-19)23(22-17)15-9-11-28(25,26)13-15/h3-8,10,12,15H,2,9,11,13H2,1H3,(H,21,24). The van der Waals surface area contributed by atoms with Gasteiger partial charge in [0.25, 0.3) is 5.91 Å². The van der Waals surface area contributed by atoms with Crippen LogP contribution in [0.15, 0.2) is 47.8 Å². The van der Waals surface area contributed by atoms with Gasteiger partial charge < -0.3 is 5.32 Å². The number of rotatable bonds is 5. The van der Waals surface area contributed by atoms with Crippen molar-refractivity contribution in [2.24, 2.45) is 0 Å². The summed E-state index contributed by atoms with van der Waals surface area (Å²) in [5.74, 6) is -0.0714. The van der Waals surface area contributed by atoms with Crippen molar-refractivity contribution in [3.8, 4) is 10.6 Å². The molecule has 0 aliphatic carbocycles. The molecule has 146 valence electrons. The molecule has 1 saturated heterocycles. The van der Waals surface area contributed by atoms with Crippen LogP contribution >= 0.6 is 11.3 Å². The first-order chi connectivity index (χ1) is 13.5. The van der Waals surface area contributed by atoms with Gasteiger partial charge in [0.05, 0.1) is 28.1 Å². The lowest BCUT2D eigenvalue weighted by molar-refractivity contribution is 0.102. The van der Waals surface area contributed by atoms with E-state index in [9.17, 15) is 13.2 Å². The van der Waals surface area contributed by atoms with Crippen molar-refractivity contribution in [1.29, 1.82) is 0 Å². The zero-order valence-corrected chi connectivity index (χ0v) is 17.1. The summed E-state index contributed by atoms with van der Waals surface area (Å²) < 4.78 is 25.6. The Kier molecular flexibility index (Phi) is 5.07. The number of aromatic nitrogens is 2. The average Bonchev–Trinajstić information content (AvgIpc) is 3.40. The normalized spacial score (nSPS) is 18.2. The van der Waals surface area contributed by atoms with Crippen molar-refractivity contribution in [3.63, 3.8) is 0 Å². The van der Waals surface area contributed by atoms with Gasteiger partial charge in [0.1, 0.15) is 0 Å². The molecule has 1 unspecified atom stereocenters. The van der Waals surface area contributed by atoms with E-state index >= 15 is 0 Å². The highest BCUT2D eigenvalue weighted by molar-refractivity contribution is 7.91. The molecular formula is C20H21N3O3S2. The van der Waals surface area contributed by atoms with Crippen LogP contribution in [0.2, 0.25) is 0 Å². The lowest BCUT2D eigenvalue weighted by Gasteiger charge is -2.12. The fraction of sp³-hybridized carbons (Fsp3) is 0.300. The first kappa shape index (κ1) is 18.9. The SMILES string of the molecule is CCc1ccccc1NC(=O)c1cc(-c2cccs2)n(C2CCS(=O)(=O)C2)n1. The molecule has 28 heavy (non-hydrogen) atoms. The van der Waals surface area contributed by atoms with Crippen LogP contribution in [-0.2, 0) is 16.3 Å².